The van der Waals surface area contributed by atoms with Gasteiger partial charge in [0.1, 0.15) is 0 Å². The maximum Gasteiger partial charge on any atom is 0.335 e. The SMILES string of the molecule is O=C(O)c1ccc(N2CCN(CC3=C(c4ccc(Cl)cc4)CCC3)CC2)cc1. The Bertz CT molecular complexity index is 866. The number of hydrogen-bond acceptors (Lipinski definition) is 3. The van der Waals surface area contributed by atoms with Crippen LogP contribution in [0.3, 0.4) is 0 Å². The van der Waals surface area contributed by atoms with Crippen molar-refractivity contribution in [2.24, 2.45) is 0 Å². The quantitative estimate of drug-likeness (QED) is 0.788. The number of carboxylic acid groups (broad SMARTS) is 1. The highest BCUT2D eigenvalue weighted by Crippen LogP contribution is 2.35. The van der Waals surface area contributed by atoms with Crippen LogP contribution in [-0.4, -0.2) is 48.7 Å². The second-order valence-electron chi connectivity index (χ2n) is 7.56. The molecule has 1 aliphatic heterocycles. The lowest BCUT2D eigenvalue weighted by molar-refractivity contribution is 0.0697. The summed E-state index contributed by atoms with van der Waals surface area (Å²) in [5.41, 5.74) is 5.83. The van der Waals surface area contributed by atoms with E-state index in [0.29, 0.717) is 5.56 Å². The number of anilines is 1. The topological polar surface area (TPSA) is 43.8 Å². The molecule has 0 bridgehead atoms. The molecule has 0 spiro atoms. The number of carboxylic acids is 1. The molecule has 4 nitrogen and oxygen atoms in total. The summed E-state index contributed by atoms with van der Waals surface area (Å²) >= 11 is 6.04. The molecule has 146 valence electrons. The monoisotopic (exact) mass is 396 g/mol. The lowest BCUT2D eigenvalue weighted by Gasteiger charge is -2.36. The van der Waals surface area contributed by atoms with E-state index in [9.17, 15) is 4.79 Å². The molecular weight excluding hydrogens is 372 g/mol. The zero-order valence-electron chi connectivity index (χ0n) is 15.9. The smallest absolute Gasteiger partial charge is 0.335 e. The molecule has 1 N–H and O–H groups in total. The van der Waals surface area contributed by atoms with Crippen LogP contribution in [0, 0.1) is 0 Å². The highest BCUT2D eigenvalue weighted by Gasteiger charge is 2.22. The number of benzene rings is 2. The molecule has 1 aliphatic carbocycles. The molecule has 0 radical (unpaired) electrons. The minimum atomic E-state index is -0.877. The Morgan fingerprint density at radius 2 is 1.61 bits per heavy atom. The molecule has 0 aromatic heterocycles. The highest BCUT2D eigenvalue weighted by molar-refractivity contribution is 6.30. The molecular formula is C23H25ClN2O2. The normalized spacial score (nSPS) is 18.0. The van der Waals surface area contributed by atoms with E-state index in [0.717, 1.165) is 49.9 Å². The Morgan fingerprint density at radius 3 is 2.25 bits per heavy atom. The van der Waals surface area contributed by atoms with E-state index in [2.05, 4.69) is 21.9 Å². The molecule has 0 saturated carbocycles. The number of hydrogen-bond donors (Lipinski definition) is 1. The predicted molar refractivity (Wildman–Crippen MR) is 114 cm³/mol. The molecule has 2 aromatic carbocycles. The summed E-state index contributed by atoms with van der Waals surface area (Å²) in [5, 5.41) is 9.83. The van der Waals surface area contributed by atoms with Crippen molar-refractivity contribution >= 4 is 28.8 Å². The maximum absolute atomic E-state index is 11.0. The van der Waals surface area contributed by atoms with Gasteiger partial charge >= 0.3 is 5.97 Å². The van der Waals surface area contributed by atoms with E-state index in [1.54, 1.807) is 17.7 Å². The Hall–Kier alpha value is -2.30. The van der Waals surface area contributed by atoms with Gasteiger partial charge in [0.05, 0.1) is 5.56 Å². The fourth-order valence-electron chi connectivity index (χ4n) is 4.23. The van der Waals surface area contributed by atoms with Gasteiger partial charge in [-0.15, -0.1) is 0 Å². The Kier molecular flexibility index (Phi) is 5.69. The minimum absolute atomic E-state index is 0.338. The van der Waals surface area contributed by atoms with E-state index in [4.69, 9.17) is 16.7 Å². The van der Waals surface area contributed by atoms with Gasteiger partial charge in [-0.1, -0.05) is 29.3 Å². The fourth-order valence-corrected chi connectivity index (χ4v) is 4.36. The van der Waals surface area contributed by atoms with Crippen LogP contribution in [0.1, 0.15) is 35.2 Å². The lowest BCUT2D eigenvalue weighted by atomic mass is 10.0. The number of carbonyl (C=O) groups is 1. The van der Waals surface area contributed by atoms with Crippen LogP contribution in [0.15, 0.2) is 54.1 Å². The third-order valence-corrected chi connectivity index (χ3v) is 6.04. The minimum Gasteiger partial charge on any atom is -0.478 e. The zero-order chi connectivity index (χ0) is 19.5. The van der Waals surface area contributed by atoms with Gasteiger partial charge in [-0.25, -0.2) is 4.79 Å². The third-order valence-electron chi connectivity index (χ3n) is 5.79. The van der Waals surface area contributed by atoms with Gasteiger partial charge in [-0.3, -0.25) is 4.90 Å². The zero-order valence-corrected chi connectivity index (χ0v) is 16.7. The largest absolute Gasteiger partial charge is 0.478 e. The van der Waals surface area contributed by atoms with Crippen molar-refractivity contribution < 1.29 is 9.90 Å². The molecule has 4 rings (SSSR count). The first kappa shape index (κ1) is 19.0. The summed E-state index contributed by atoms with van der Waals surface area (Å²) in [6.07, 6.45) is 3.59. The van der Waals surface area contributed by atoms with E-state index in [1.807, 2.05) is 24.3 Å². The summed E-state index contributed by atoms with van der Waals surface area (Å²) in [6, 6.07) is 15.4. The fraction of sp³-hybridized carbons (Fsp3) is 0.348. The first-order valence-corrected chi connectivity index (χ1v) is 10.3. The maximum atomic E-state index is 11.0. The summed E-state index contributed by atoms with van der Waals surface area (Å²) < 4.78 is 0. The Morgan fingerprint density at radius 1 is 0.929 bits per heavy atom. The summed E-state index contributed by atoms with van der Waals surface area (Å²) in [7, 11) is 0. The van der Waals surface area contributed by atoms with E-state index in [-0.39, 0.29) is 0 Å². The van der Waals surface area contributed by atoms with Crippen molar-refractivity contribution in [3.05, 3.63) is 70.3 Å². The molecule has 0 atom stereocenters. The van der Waals surface area contributed by atoms with Crippen molar-refractivity contribution in [3.63, 3.8) is 0 Å². The van der Waals surface area contributed by atoms with Crippen LogP contribution in [0.2, 0.25) is 5.02 Å². The Balaban J connectivity index is 1.38. The second kappa shape index (κ2) is 8.38. The number of halogens is 1. The van der Waals surface area contributed by atoms with Crippen molar-refractivity contribution in [2.45, 2.75) is 19.3 Å². The van der Waals surface area contributed by atoms with Crippen LogP contribution in [0.5, 0.6) is 0 Å². The third kappa shape index (κ3) is 4.23. The van der Waals surface area contributed by atoms with Crippen LogP contribution in [0.4, 0.5) is 5.69 Å². The number of nitrogens with zero attached hydrogens (tertiary/aromatic N) is 2. The first-order chi connectivity index (χ1) is 13.6. The number of piperazine rings is 1. The standard InChI is InChI=1S/C23H25ClN2O2/c24-20-8-4-17(5-9-20)22-3-1-2-19(22)16-25-12-14-26(15-13-25)21-10-6-18(7-11-21)23(27)28/h4-11H,1-3,12-16H2,(H,27,28). The van der Waals surface area contributed by atoms with Gasteiger partial charge < -0.3 is 10.0 Å². The molecule has 1 saturated heterocycles. The lowest BCUT2D eigenvalue weighted by Crippen LogP contribution is -2.46. The van der Waals surface area contributed by atoms with E-state index in [1.165, 1.54) is 24.0 Å². The Labute approximate surface area is 171 Å². The van der Waals surface area contributed by atoms with E-state index < -0.39 is 5.97 Å². The summed E-state index contributed by atoms with van der Waals surface area (Å²) in [4.78, 5) is 15.9. The van der Waals surface area contributed by atoms with E-state index >= 15 is 0 Å². The number of allylic oxidation sites excluding steroid dienone is 1. The molecule has 2 aliphatic rings. The molecule has 28 heavy (non-hydrogen) atoms. The summed E-state index contributed by atoms with van der Waals surface area (Å²) in [6.45, 7) is 5.03. The number of rotatable bonds is 5. The van der Waals surface area contributed by atoms with Gasteiger partial charge in [0.2, 0.25) is 0 Å². The van der Waals surface area contributed by atoms with Gasteiger partial charge in [-0.2, -0.15) is 0 Å². The molecule has 0 amide bonds. The number of aromatic carboxylic acids is 1. The van der Waals surface area contributed by atoms with Crippen LogP contribution in [0.25, 0.3) is 5.57 Å². The first-order valence-electron chi connectivity index (χ1n) is 9.87. The van der Waals surface area contributed by atoms with Crippen molar-refractivity contribution in [3.8, 4) is 0 Å². The molecule has 0 unspecified atom stereocenters. The van der Waals surface area contributed by atoms with Crippen molar-refractivity contribution in [2.75, 3.05) is 37.6 Å². The van der Waals surface area contributed by atoms with Crippen LogP contribution < -0.4 is 4.90 Å². The molecule has 1 fully saturated rings. The molecule has 1 heterocycles. The predicted octanol–water partition coefficient (Wildman–Crippen LogP) is 4.80. The van der Waals surface area contributed by atoms with Crippen molar-refractivity contribution in [1.29, 1.82) is 0 Å². The van der Waals surface area contributed by atoms with Crippen LogP contribution >= 0.6 is 11.6 Å². The van der Waals surface area contributed by atoms with Gasteiger partial charge in [0.15, 0.2) is 0 Å². The average Bonchev–Trinajstić information content (AvgIpc) is 3.17. The van der Waals surface area contributed by atoms with Gasteiger partial charge in [0.25, 0.3) is 0 Å². The van der Waals surface area contributed by atoms with Gasteiger partial charge in [0, 0.05) is 43.4 Å². The highest BCUT2D eigenvalue weighted by atomic mass is 35.5. The van der Waals surface area contributed by atoms with Gasteiger partial charge in [-0.05, 0) is 66.8 Å². The molecule has 2 aromatic rings. The van der Waals surface area contributed by atoms with Crippen LogP contribution in [-0.2, 0) is 0 Å². The van der Waals surface area contributed by atoms with Crippen molar-refractivity contribution in [1.82, 2.24) is 4.90 Å². The average molecular weight is 397 g/mol. The second-order valence-corrected chi connectivity index (χ2v) is 7.99. The molecule has 5 heteroatoms. The summed E-state index contributed by atoms with van der Waals surface area (Å²) in [5.74, 6) is -0.877.